The molecular formula is C11H17N3S. The van der Waals surface area contributed by atoms with Gasteiger partial charge in [0.05, 0.1) is 0 Å². The number of aromatic nitrogens is 2. The second-order valence-corrected chi connectivity index (χ2v) is 4.13. The Morgan fingerprint density at radius 2 is 2.33 bits per heavy atom. The van der Waals surface area contributed by atoms with E-state index in [1.165, 1.54) is 0 Å². The molecule has 15 heavy (non-hydrogen) atoms. The number of nitrogens with two attached hydrogens (primary N) is 1. The first kappa shape index (κ1) is 11.9. The molecule has 0 bridgehead atoms. The van der Waals surface area contributed by atoms with E-state index in [9.17, 15) is 0 Å². The van der Waals surface area contributed by atoms with Crippen molar-refractivity contribution in [1.29, 1.82) is 0 Å². The van der Waals surface area contributed by atoms with E-state index < -0.39 is 0 Å². The quantitative estimate of drug-likeness (QED) is 0.630. The van der Waals surface area contributed by atoms with Crippen LogP contribution in [0.5, 0.6) is 0 Å². The minimum absolute atomic E-state index is 0.313. The topological polar surface area (TPSA) is 43.8 Å². The van der Waals surface area contributed by atoms with Gasteiger partial charge in [-0.1, -0.05) is 6.08 Å². The van der Waals surface area contributed by atoms with Crippen molar-refractivity contribution in [3.63, 3.8) is 0 Å². The number of anilines is 1. The molecule has 1 aromatic rings. The first-order chi connectivity index (χ1) is 7.06. The molecule has 0 saturated carbocycles. The fraction of sp³-hybridized carbons (Fsp3) is 0.455. The first-order valence-electron chi connectivity index (χ1n) is 5.04. The van der Waals surface area contributed by atoms with Crippen molar-refractivity contribution in [1.82, 2.24) is 9.55 Å². The molecule has 0 aliphatic heterocycles. The third-order valence-corrected chi connectivity index (χ3v) is 2.54. The number of hydrogen-bond acceptors (Lipinski definition) is 3. The van der Waals surface area contributed by atoms with Crippen molar-refractivity contribution < 1.29 is 0 Å². The van der Waals surface area contributed by atoms with Gasteiger partial charge in [0.15, 0.2) is 0 Å². The highest BCUT2D eigenvalue weighted by Gasteiger charge is 2.05. The van der Waals surface area contributed by atoms with E-state index >= 15 is 0 Å². The smallest absolute Gasteiger partial charge is 0.201 e. The summed E-state index contributed by atoms with van der Waals surface area (Å²) >= 11 is 5.14. The minimum Gasteiger partial charge on any atom is -0.383 e. The molecule has 0 radical (unpaired) electrons. The molecule has 82 valence electrons. The zero-order chi connectivity index (χ0) is 11.4. The van der Waals surface area contributed by atoms with Crippen molar-refractivity contribution in [3.8, 4) is 0 Å². The fourth-order valence-electron chi connectivity index (χ4n) is 1.34. The lowest BCUT2D eigenvalue weighted by molar-refractivity contribution is 0.573. The molecule has 0 spiro atoms. The molecular weight excluding hydrogens is 206 g/mol. The van der Waals surface area contributed by atoms with Crippen LogP contribution in [0.3, 0.4) is 0 Å². The summed E-state index contributed by atoms with van der Waals surface area (Å²) in [6.45, 7) is 7.84. The molecule has 0 fully saturated rings. The van der Waals surface area contributed by atoms with Crippen LogP contribution in [0.1, 0.15) is 31.9 Å². The van der Waals surface area contributed by atoms with Gasteiger partial charge in [0.1, 0.15) is 5.82 Å². The molecule has 4 heteroatoms. The highest BCUT2D eigenvalue weighted by atomic mass is 32.1. The van der Waals surface area contributed by atoms with E-state index in [2.05, 4.69) is 25.4 Å². The van der Waals surface area contributed by atoms with Crippen LogP contribution in [0.25, 0.3) is 0 Å². The van der Waals surface area contributed by atoms with Crippen molar-refractivity contribution >= 4 is 18.0 Å². The number of allylic oxidation sites excluding steroid dienone is 1. The van der Waals surface area contributed by atoms with Crippen LogP contribution in [-0.2, 0) is 6.42 Å². The number of nitrogens with zero attached hydrogens (tertiary/aromatic N) is 2. The van der Waals surface area contributed by atoms with Crippen LogP contribution in [0.4, 0.5) is 5.82 Å². The lowest BCUT2D eigenvalue weighted by Gasteiger charge is -2.13. The van der Waals surface area contributed by atoms with Gasteiger partial charge in [-0.3, -0.25) is 0 Å². The van der Waals surface area contributed by atoms with Gasteiger partial charge in [-0.25, -0.2) is 4.98 Å². The maximum atomic E-state index is 5.81. The van der Waals surface area contributed by atoms with Gasteiger partial charge < -0.3 is 10.3 Å². The summed E-state index contributed by atoms with van der Waals surface area (Å²) in [6, 6.07) is 0.313. The number of hydrogen-bond donors (Lipinski definition) is 1. The summed E-state index contributed by atoms with van der Waals surface area (Å²) in [5.41, 5.74) is 6.84. The summed E-state index contributed by atoms with van der Waals surface area (Å²) in [5, 5.41) is 0. The van der Waals surface area contributed by atoms with Crippen molar-refractivity contribution in [2.45, 2.75) is 32.7 Å². The van der Waals surface area contributed by atoms with Gasteiger partial charge >= 0.3 is 0 Å². The second-order valence-electron chi connectivity index (χ2n) is 3.76. The van der Waals surface area contributed by atoms with Crippen LogP contribution in [0, 0.1) is 4.77 Å². The summed E-state index contributed by atoms with van der Waals surface area (Å²) < 4.78 is 2.51. The average molecular weight is 223 g/mol. The van der Waals surface area contributed by atoms with Gasteiger partial charge in [0.25, 0.3) is 0 Å². The Labute approximate surface area is 95.6 Å². The number of rotatable bonds is 4. The van der Waals surface area contributed by atoms with Crippen LogP contribution >= 0.6 is 12.2 Å². The number of aryl methyl sites for hydroxylation is 1. The minimum atomic E-state index is 0.313. The second kappa shape index (κ2) is 5.07. The average Bonchev–Trinajstić information content (AvgIpc) is 2.16. The number of nitrogen functional groups attached to an aromatic ring is 1. The third kappa shape index (κ3) is 2.89. The van der Waals surface area contributed by atoms with E-state index in [4.69, 9.17) is 18.0 Å². The molecule has 0 aromatic carbocycles. The van der Waals surface area contributed by atoms with Gasteiger partial charge in [0, 0.05) is 17.8 Å². The SMILES string of the molecule is C=CCCc1cn(C(C)C)c(=S)nc1N. The van der Waals surface area contributed by atoms with Gasteiger partial charge in [-0.2, -0.15) is 0 Å². The third-order valence-electron chi connectivity index (χ3n) is 2.24. The zero-order valence-electron chi connectivity index (χ0n) is 9.23. The van der Waals surface area contributed by atoms with Crippen molar-refractivity contribution in [2.75, 3.05) is 5.73 Å². The molecule has 0 amide bonds. The van der Waals surface area contributed by atoms with Crippen LogP contribution in [0.2, 0.25) is 0 Å². The lowest BCUT2D eigenvalue weighted by Crippen LogP contribution is -2.09. The van der Waals surface area contributed by atoms with E-state index in [1.807, 2.05) is 16.8 Å². The lowest BCUT2D eigenvalue weighted by atomic mass is 10.1. The van der Waals surface area contributed by atoms with Gasteiger partial charge in [-0.05, 0) is 38.9 Å². The Morgan fingerprint density at radius 1 is 1.67 bits per heavy atom. The zero-order valence-corrected chi connectivity index (χ0v) is 10.0. The Kier molecular flexibility index (Phi) is 4.03. The summed E-state index contributed by atoms with van der Waals surface area (Å²) in [5.74, 6) is 0.541. The molecule has 1 rings (SSSR count). The standard InChI is InChI=1S/C11H17N3S/c1-4-5-6-9-7-14(8(2)3)11(15)13-10(9)12/h4,7-8H,1,5-6H2,2-3H3,(H2,12,13,15). The molecule has 0 saturated heterocycles. The maximum Gasteiger partial charge on any atom is 0.201 e. The molecule has 3 nitrogen and oxygen atoms in total. The molecule has 0 aliphatic carbocycles. The Morgan fingerprint density at radius 3 is 2.87 bits per heavy atom. The largest absolute Gasteiger partial charge is 0.383 e. The fourth-order valence-corrected chi connectivity index (χ4v) is 1.70. The monoisotopic (exact) mass is 223 g/mol. The van der Waals surface area contributed by atoms with Crippen molar-refractivity contribution in [3.05, 3.63) is 29.2 Å². The van der Waals surface area contributed by atoms with Gasteiger partial charge in [0.2, 0.25) is 4.77 Å². The molecule has 1 aromatic heterocycles. The predicted octanol–water partition coefficient (Wildman–Crippen LogP) is 2.89. The normalized spacial score (nSPS) is 10.6. The van der Waals surface area contributed by atoms with E-state index in [1.54, 1.807) is 0 Å². The molecule has 0 unspecified atom stereocenters. The molecule has 1 heterocycles. The van der Waals surface area contributed by atoms with E-state index in [0.717, 1.165) is 18.4 Å². The molecule has 2 N–H and O–H groups in total. The maximum absolute atomic E-state index is 5.81. The highest BCUT2D eigenvalue weighted by Crippen LogP contribution is 2.14. The predicted molar refractivity (Wildman–Crippen MR) is 66.4 cm³/mol. The Hall–Kier alpha value is -1.16. The highest BCUT2D eigenvalue weighted by molar-refractivity contribution is 7.71. The first-order valence-corrected chi connectivity index (χ1v) is 5.45. The van der Waals surface area contributed by atoms with Crippen LogP contribution in [0.15, 0.2) is 18.9 Å². The van der Waals surface area contributed by atoms with Gasteiger partial charge in [-0.15, -0.1) is 6.58 Å². The Bertz CT molecular complexity index is 407. The van der Waals surface area contributed by atoms with E-state index in [0.29, 0.717) is 16.6 Å². The molecule has 0 aliphatic rings. The summed E-state index contributed by atoms with van der Waals surface area (Å²) in [4.78, 5) is 4.17. The Balaban J connectivity index is 3.11. The van der Waals surface area contributed by atoms with Crippen LogP contribution in [-0.4, -0.2) is 9.55 Å². The summed E-state index contributed by atoms with van der Waals surface area (Å²) in [7, 11) is 0. The van der Waals surface area contributed by atoms with Crippen molar-refractivity contribution in [2.24, 2.45) is 0 Å². The summed E-state index contributed by atoms with van der Waals surface area (Å²) in [6.07, 6.45) is 5.64. The van der Waals surface area contributed by atoms with Crippen LogP contribution < -0.4 is 5.73 Å². The van der Waals surface area contributed by atoms with E-state index in [-0.39, 0.29) is 0 Å². The molecule has 0 atom stereocenters.